The van der Waals surface area contributed by atoms with Crippen LogP contribution in [0.2, 0.25) is 39.3 Å². The molecule has 0 unspecified atom stereocenters. The summed E-state index contributed by atoms with van der Waals surface area (Å²) in [6.07, 6.45) is 1.11. The van der Waals surface area contributed by atoms with E-state index < -0.39 is 88.8 Å². The highest BCUT2D eigenvalue weighted by molar-refractivity contribution is 6.84. The van der Waals surface area contributed by atoms with Crippen molar-refractivity contribution >= 4 is 28.1 Å². The van der Waals surface area contributed by atoms with Crippen molar-refractivity contribution in [3.05, 3.63) is 50.6 Å². The lowest BCUT2D eigenvalue weighted by Gasteiger charge is -2.43. The van der Waals surface area contributed by atoms with Crippen molar-refractivity contribution in [2.75, 3.05) is 39.6 Å². The van der Waals surface area contributed by atoms with Gasteiger partial charge in [0.2, 0.25) is 0 Å². The Hall–Kier alpha value is -3.67. The molecule has 2 fully saturated rings. The molecule has 10 nitrogen and oxygen atoms in total. The maximum atomic E-state index is 11.9. The molecule has 2 saturated heterocycles. The summed E-state index contributed by atoms with van der Waals surface area (Å²) in [5, 5.41) is 0. The largest absolute Gasteiger partial charge is 0.463 e. The number of carbonyl (C=O) groups excluding carboxylic acids is 2. The second-order valence-corrected chi connectivity index (χ2v) is 24.3. The Morgan fingerprint density at radius 1 is 0.556 bits per heavy atom. The van der Waals surface area contributed by atoms with Crippen LogP contribution in [0, 0.1) is 58.4 Å². The first-order valence-corrected chi connectivity index (χ1v) is 25.1. The van der Waals surface area contributed by atoms with Crippen LogP contribution in [0.15, 0.2) is 50.6 Å². The third kappa shape index (κ3) is 16.4. The minimum atomic E-state index is -1.81. The fourth-order valence-electron chi connectivity index (χ4n) is 5.44. The van der Waals surface area contributed by atoms with Crippen molar-refractivity contribution in [1.82, 2.24) is 0 Å². The molecule has 0 radical (unpaired) electrons. The number of rotatable bonds is 16. The molecule has 12 heteroatoms. The number of ether oxygens (including phenoxy) is 8. The number of hydrogen-bond acceptors (Lipinski definition) is 10. The molecule has 0 spiro atoms. The zero-order valence-corrected chi connectivity index (χ0v) is 35.2. The van der Waals surface area contributed by atoms with E-state index in [0.29, 0.717) is 0 Å². The third-order valence-electron chi connectivity index (χ3n) is 7.64. The molecule has 2 aliphatic rings. The molecule has 0 N–H and O–H groups in total. The van der Waals surface area contributed by atoms with E-state index in [0.717, 1.165) is 0 Å². The molecule has 294 valence electrons. The quantitative estimate of drug-likeness (QED) is 0.0927. The van der Waals surface area contributed by atoms with E-state index in [9.17, 15) is 9.59 Å². The molecule has 0 amide bonds. The normalized spacial score (nSPS) is 27.7. The fraction of sp³-hybridized carbons (Fsp3) is 0.571. The lowest BCUT2D eigenvalue weighted by molar-refractivity contribution is -0.207. The molecule has 10 atom stereocenters. The predicted molar refractivity (Wildman–Crippen MR) is 215 cm³/mol. The highest BCUT2D eigenvalue weighted by atomic mass is 28.3. The summed E-state index contributed by atoms with van der Waals surface area (Å²) in [5.41, 5.74) is 6.74. The molecule has 0 aromatic carbocycles. The summed E-state index contributed by atoms with van der Waals surface area (Å²) < 4.78 is 48.9. The molecule has 54 heavy (non-hydrogen) atoms. The van der Waals surface area contributed by atoms with Crippen LogP contribution in [0.1, 0.15) is 13.8 Å². The van der Waals surface area contributed by atoms with Crippen LogP contribution < -0.4 is 0 Å². The monoisotopic (exact) mass is 778 g/mol. The number of hydrogen-bond donors (Lipinski definition) is 0. The van der Waals surface area contributed by atoms with Crippen LogP contribution in [0.5, 0.6) is 0 Å². The first-order chi connectivity index (χ1) is 25.5. The summed E-state index contributed by atoms with van der Waals surface area (Å²) in [4.78, 5) is 23.9. The topological polar surface area (TPSA) is 108 Å². The molecule has 0 bridgehead atoms. The number of esters is 2. The Kier molecular flexibility index (Phi) is 20.1. The molecular formula is C42H58O10Si2. The highest BCUT2D eigenvalue weighted by Gasteiger charge is 2.48. The van der Waals surface area contributed by atoms with E-state index in [-0.39, 0.29) is 39.6 Å². The summed E-state index contributed by atoms with van der Waals surface area (Å²) >= 11 is 0. The van der Waals surface area contributed by atoms with Crippen molar-refractivity contribution in [3.8, 4) is 46.6 Å². The van der Waals surface area contributed by atoms with Crippen molar-refractivity contribution < 1.29 is 47.5 Å². The van der Waals surface area contributed by atoms with Crippen LogP contribution in [-0.2, 0) is 47.5 Å². The van der Waals surface area contributed by atoms with E-state index in [2.05, 4.69) is 112 Å². The van der Waals surface area contributed by atoms with Crippen LogP contribution in [0.3, 0.4) is 0 Å². The summed E-state index contributed by atoms with van der Waals surface area (Å²) in [6, 6.07) is 0. The van der Waals surface area contributed by atoms with Gasteiger partial charge in [-0.05, 0) is 11.8 Å². The molecule has 0 aromatic heterocycles. The highest BCUT2D eigenvalue weighted by Crippen LogP contribution is 2.32. The lowest BCUT2D eigenvalue weighted by Crippen LogP contribution is -2.57. The maximum absolute atomic E-state index is 11.9. The molecule has 2 aliphatic heterocycles. The standard InChI is InChI=1S/C42H58O10Si2/c1-13-23-45-39-33(37(29-49-31(5)43)51-35(21-27-53(7,8)9)41(39)47-25-15-3)19-17-18-20-34-38(30-50-32(6)44)52-36(22-28-54(10,11)12)42(48-26-16-4)40(34)46-24-14-2/h13-16,33-42H,1-4,23-26,29-30H2,5-12H3/t33-,34-,35-,36-,37-,38-,39+,40+,41+,42+/m1/s1. The first kappa shape index (κ1) is 46.5. The molecular weight excluding hydrogens is 721 g/mol. The Labute approximate surface area is 325 Å². The Morgan fingerprint density at radius 3 is 1.15 bits per heavy atom. The van der Waals surface area contributed by atoms with Crippen molar-refractivity contribution in [2.24, 2.45) is 11.8 Å². The van der Waals surface area contributed by atoms with Gasteiger partial charge in [-0.3, -0.25) is 9.59 Å². The van der Waals surface area contributed by atoms with Gasteiger partial charge >= 0.3 is 11.9 Å². The van der Waals surface area contributed by atoms with E-state index >= 15 is 0 Å². The van der Waals surface area contributed by atoms with Gasteiger partial charge in [-0.1, -0.05) is 87.3 Å². The number of carbonyl (C=O) groups is 2. The van der Waals surface area contributed by atoms with Gasteiger partial charge < -0.3 is 37.9 Å². The van der Waals surface area contributed by atoms with Crippen LogP contribution in [0.4, 0.5) is 0 Å². The fourth-order valence-corrected chi connectivity index (χ4v) is 6.59. The summed E-state index contributed by atoms with van der Waals surface area (Å²) in [7, 11) is -3.62. The molecule has 0 aromatic rings. The van der Waals surface area contributed by atoms with Crippen molar-refractivity contribution in [3.63, 3.8) is 0 Å². The summed E-state index contributed by atoms with van der Waals surface area (Å²) in [6.45, 7) is 31.4. The lowest BCUT2D eigenvalue weighted by atomic mass is 9.86. The van der Waals surface area contributed by atoms with Crippen LogP contribution >= 0.6 is 0 Å². The van der Waals surface area contributed by atoms with Crippen LogP contribution in [0.25, 0.3) is 0 Å². The molecule has 2 rings (SSSR count). The molecule has 0 saturated carbocycles. The summed E-state index contributed by atoms with van der Waals surface area (Å²) in [5.74, 6) is 16.7. The SMILES string of the molecule is C=CCO[C@@H]1[C@@H](OCC=C)[C@H](C#CC#C[C@H]2[C@H](OCC=C)[C@@H](OCC=C)[C@@H](C#C[Si](C)(C)C)O[C@@H]2COC(C)=O)[C@@H](COC(C)=O)O[C@@H]1C#C[Si](C)(C)C. The van der Waals surface area contributed by atoms with E-state index in [1.807, 2.05) is 0 Å². The third-order valence-corrected chi connectivity index (χ3v) is 9.43. The van der Waals surface area contributed by atoms with Crippen molar-refractivity contribution in [1.29, 1.82) is 0 Å². The van der Waals surface area contributed by atoms with Crippen LogP contribution in [-0.4, -0.2) is 117 Å². The molecule has 2 heterocycles. The Morgan fingerprint density at radius 2 is 0.870 bits per heavy atom. The minimum Gasteiger partial charge on any atom is -0.463 e. The molecule has 0 aliphatic carbocycles. The van der Waals surface area contributed by atoms with E-state index in [1.54, 1.807) is 24.3 Å². The van der Waals surface area contributed by atoms with E-state index in [4.69, 9.17) is 37.9 Å². The zero-order valence-electron chi connectivity index (χ0n) is 33.2. The van der Waals surface area contributed by atoms with Gasteiger partial charge in [-0.2, -0.15) is 0 Å². The predicted octanol–water partition coefficient (Wildman–Crippen LogP) is 4.93. The first-order valence-electron chi connectivity index (χ1n) is 18.1. The van der Waals surface area contributed by atoms with Crippen molar-refractivity contribution in [2.45, 2.75) is 102 Å². The smallest absolute Gasteiger partial charge is 0.302 e. The second kappa shape index (κ2) is 23.3. The van der Waals surface area contributed by atoms with Gasteiger partial charge in [0.1, 0.15) is 78.2 Å². The Balaban J connectivity index is 2.71. The van der Waals surface area contributed by atoms with Gasteiger partial charge in [-0.25, -0.2) is 0 Å². The van der Waals surface area contributed by atoms with E-state index in [1.165, 1.54) is 13.8 Å². The zero-order chi connectivity index (χ0) is 40.3. The minimum absolute atomic E-state index is 0.0874. The average molecular weight is 779 g/mol. The van der Waals surface area contributed by atoms with Gasteiger partial charge in [0, 0.05) is 13.8 Å². The van der Waals surface area contributed by atoms with Gasteiger partial charge in [0.05, 0.1) is 38.3 Å². The second-order valence-electron chi connectivity index (χ2n) is 14.8. The van der Waals surface area contributed by atoms with Gasteiger partial charge in [0.15, 0.2) is 0 Å². The van der Waals surface area contributed by atoms with Gasteiger partial charge in [-0.15, -0.1) is 37.4 Å². The Bertz CT molecular complexity index is 1430. The van der Waals surface area contributed by atoms with Gasteiger partial charge in [0.25, 0.3) is 0 Å². The average Bonchev–Trinajstić information content (AvgIpc) is 3.09. The maximum Gasteiger partial charge on any atom is 0.302 e.